The third-order valence-corrected chi connectivity index (χ3v) is 6.04. The first-order chi connectivity index (χ1) is 17.2. The van der Waals surface area contributed by atoms with E-state index in [9.17, 15) is 0 Å². The van der Waals surface area contributed by atoms with Gasteiger partial charge in [0.15, 0.2) is 11.5 Å². The van der Waals surface area contributed by atoms with E-state index in [-0.39, 0.29) is 0 Å². The molecule has 4 rings (SSSR count). The lowest BCUT2D eigenvalue weighted by atomic mass is 10.0. The van der Waals surface area contributed by atoms with Crippen molar-refractivity contribution in [3.05, 3.63) is 113 Å². The molecule has 0 radical (unpaired) electrons. The van der Waals surface area contributed by atoms with Gasteiger partial charge in [-0.3, -0.25) is 0 Å². The van der Waals surface area contributed by atoms with Crippen LogP contribution in [0.25, 0.3) is 0 Å². The molecule has 0 N–H and O–H groups in total. The smallest absolute Gasteiger partial charge is 0.160 e. The van der Waals surface area contributed by atoms with E-state index >= 15 is 0 Å². The summed E-state index contributed by atoms with van der Waals surface area (Å²) in [5.74, 6) is 4.10. The monoisotopic (exact) mass is 468 g/mol. The van der Waals surface area contributed by atoms with Crippen LogP contribution in [0.4, 0.5) is 0 Å². The van der Waals surface area contributed by atoms with Gasteiger partial charge in [0.2, 0.25) is 0 Å². The second-order valence-corrected chi connectivity index (χ2v) is 8.43. The molecule has 180 valence electrons. The van der Waals surface area contributed by atoms with E-state index in [1.165, 1.54) is 22.3 Å². The van der Waals surface area contributed by atoms with Crippen LogP contribution in [0.3, 0.4) is 0 Å². The first-order valence-corrected chi connectivity index (χ1v) is 11.9. The Kier molecular flexibility index (Phi) is 8.29. The van der Waals surface area contributed by atoms with Gasteiger partial charge in [-0.2, -0.15) is 0 Å². The molecular formula is C31H32O4. The molecular weight excluding hydrogens is 436 g/mol. The Balaban J connectivity index is 1.32. The van der Waals surface area contributed by atoms with Crippen LogP contribution in [0.5, 0.6) is 28.7 Å². The molecule has 0 saturated heterocycles. The summed E-state index contributed by atoms with van der Waals surface area (Å²) >= 11 is 0. The van der Waals surface area contributed by atoms with E-state index < -0.39 is 0 Å². The van der Waals surface area contributed by atoms with Crippen molar-refractivity contribution in [2.24, 2.45) is 0 Å². The van der Waals surface area contributed by atoms with Crippen molar-refractivity contribution in [1.82, 2.24) is 0 Å². The van der Waals surface area contributed by atoms with Crippen molar-refractivity contribution >= 4 is 0 Å². The van der Waals surface area contributed by atoms with Crippen LogP contribution in [0.1, 0.15) is 22.3 Å². The molecule has 0 bridgehead atoms. The maximum atomic E-state index is 6.13. The minimum absolute atomic E-state index is 0.752. The van der Waals surface area contributed by atoms with Gasteiger partial charge in [0.05, 0.1) is 21.3 Å². The topological polar surface area (TPSA) is 36.9 Å². The maximum Gasteiger partial charge on any atom is 0.160 e. The summed E-state index contributed by atoms with van der Waals surface area (Å²) in [6.45, 7) is 0. The fourth-order valence-corrected chi connectivity index (χ4v) is 4.07. The maximum absolute atomic E-state index is 6.13. The van der Waals surface area contributed by atoms with Gasteiger partial charge in [0.1, 0.15) is 17.2 Å². The molecule has 4 aromatic rings. The second kappa shape index (κ2) is 12.0. The Morgan fingerprint density at radius 2 is 0.971 bits per heavy atom. The molecule has 0 aliphatic heterocycles. The lowest BCUT2D eigenvalue weighted by molar-refractivity contribution is 0.354. The van der Waals surface area contributed by atoms with Gasteiger partial charge < -0.3 is 18.9 Å². The summed E-state index contributed by atoms with van der Waals surface area (Å²) in [6.07, 6.45) is 3.76. The summed E-state index contributed by atoms with van der Waals surface area (Å²) < 4.78 is 22.2. The second-order valence-electron chi connectivity index (χ2n) is 8.43. The summed E-state index contributed by atoms with van der Waals surface area (Å²) in [7, 11) is 5.02. The third kappa shape index (κ3) is 6.80. The highest BCUT2D eigenvalue weighted by atomic mass is 16.5. The minimum atomic E-state index is 0.752. The first-order valence-electron chi connectivity index (χ1n) is 11.9. The van der Waals surface area contributed by atoms with Crippen LogP contribution in [-0.2, 0) is 25.7 Å². The quantitative estimate of drug-likeness (QED) is 0.236. The highest BCUT2D eigenvalue weighted by Gasteiger charge is 2.06. The molecule has 4 nitrogen and oxygen atoms in total. The average Bonchev–Trinajstić information content (AvgIpc) is 2.91. The third-order valence-electron chi connectivity index (χ3n) is 6.04. The highest BCUT2D eigenvalue weighted by molar-refractivity contribution is 5.43. The summed E-state index contributed by atoms with van der Waals surface area (Å²) in [5.41, 5.74) is 4.99. The van der Waals surface area contributed by atoms with Crippen LogP contribution in [0.15, 0.2) is 91.0 Å². The Morgan fingerprint density at radius 3 is 1.60 bits per heavy atom. The normalized spacial score (nSPS) is 10.6. The Morgan fingerprint density at radius 1 is 0.429 bits per heavy atom. The van der Waals surface area contributed by atoms with E-state index in [2.05, 4.69) is 42.5 Å². The van der Waals surface area contributed by atoms with Crippen molar-refractivity contribution in [3.8, 4) is 28.7 Å². The molecule has 4 aromatic carbocycles. The standard InChI is InChI=1S/C31H32O4/c1-32-28-8-4-6-24(20-28)12-13-25-7-5-9-29(21-25)35-27-17-14-23(15-18-27)10-11-26-16-19-30(33-2)31(22-26)34-3/h4-9,14-22H,10-13H2,1-3H3. The molecule has 0 atom stereocenters. The molecule has 0 amide bonds. The van der Waals surface area contributed by atoms with Gasteiger partial charge in [-0.25, -0.2) is 0 Å². The lowest BCUT2D eigenvalue weighted by Gasteiger charge is -2.10. The number of ether oxygens (including phenoxy) is 4. The van der Waals surface area contributed by atoms with E-state index in [0.29, 0.717) is 0 Å². The molecule has 35 heavy (non-hydrogen) atoms. The van der Waals surface area contributed by atoms with Gasteiger partial charge in [0.25, 0.3) is 0 Å². The van der Waals surface area contributed by atoms with E-state index in [1.54, 1.807) is 21.3 Å². The zero-order valence-corrected chi connectivity index (χ0v) is 20.6. The average molecular weight is 469 g/mol. The Bertz CT molecular complexity index is 1230. The van der Waals surface area contributed by atoms with E-state index in [0.717, 1.165) is 54.4 Å². The fraction of sp³-hybridized carbons (Fsp3) is 0.226. The van der Waals surface area contributed by atoms with E-state index in [1.807, 2.05) is 48.5 Å². The predicted octanol–water partition coefficient (Wildman–Crippen LogP) is 7.08. The summed E-state index contributed by atoms with van der Waals surface area (Å²) in [4.78, 5) is 0. The Hall–Kier alpha value is -3.92. The van der Waals surface area contributed by atoms with Crippen LogP contribution >= 0.6 is 0 Å². The van der Waals surface area contributed by atoms with Crippen LogP contribution in [0.2, 0.25) is 0 Å². The number of hydrogen-bond donors (Lipinski definition) is 0. The van der Waals surface area contributed by atoms with Gasteiger partial charge in [-0.15, -0.1) is 0 Å². The van der Waals surface area contributed by atoms with Crippen molar-refractivity contribution in [3.63, 3.8) is 0 Å². The zero-order chi connectivity index (χ0) is 24.5. The van der Waals surface area contributed by atoms with Crippen molar-refractivity contribution in [2.45, 2.75) is 25.7 Å². The molecule has 0 saturated carbocycles. The summed E-state index contributed by atoms with van der Waals surface area (Å²) in [6, 6.07) is 30.9. The summed E-state index contributed by atoms with van der Waals surface area (Å²) in [5, 5.41) is 0. The molecule has 0 heterocycles. The number of aryl methyl sites for hydroxylation is 4. The molecule has 0 spiro atoms. The van der Waals surface area contributed by atoms with Gasteiger partial charge in [-0.1, -0.05) is 42.5 Å². The molecule has 0 aliphatic rings. The van der Waals surface area contributed by atoms with Crippen molar-refractivity contribution in [2.75, 3.05) is 21.3 Å². The van der Waals surface area contributed by atoms with Gasteiger partial charge >= 0.3 is 0 Å². The first kappa shape index (κ1) is 24.2. The fourth-order valence-electron chi connectivity index (χ4n) is 4.07. The Labute approximate surface area is 208 Å². The number of benzene rings is 4. The van der Waals surface area contributed by atoms with Gasteiger partial charge in [-0.05, 0) is 96.5 Å². The molecule has 4 heteroatoms. The predicted molar refractivity (Wildman–Crippen MR) is 140 cm³/mol. The minimum Gasteiger partial charge on any atom is -0.497 e. The lowest BCUT2D eigenvalue weighted by Crippen LogP contribution is -1.95. The number of hydrogen-bond acceptors (Lipinski definition) is 4. The largest absolute Gasteiger partial charge is 0.497 e. The zero-order valence-electron chi connectivity index (χ0n) is 20.6. The highest BCUT2D eigenvalue weighted by Crippen LogP contribution is 2.28. The van der Waals surface area contributed by atoms with E-state index in [4.69, 9.17) is 18.9 Å². The van der Waals surface area contributed by atoms with Crippen molar-refractivity contribution in [1.29, 1.82) is 0 Å². The van der Waals surface area contributed by atoms with Crippen molar-refractivity contribution < 1.29 is 18.9 Å². The number of rotatable bonds is 11. The molecule has 0 unspecified atom stereocenters. The molecule has 0 aromatic heterocycles. The molecule has 0 fully saturated rings. The van der Waals surface area contributed by atoms with Crippen LogP contribution in [0, 0.1) is 0 Å². The van der Waals surface area contributed by atoms with Crippen LogP contribution in [-0.4, -0.2) is 21.3 Å². The molecule has 0 aliphatic carbocycles. The SMILES string of the molecule is COc1cccc(CCc2cccc(Oc3ccc(CCc4ccc(OC)c(OC)c4)cc3)c2)c1. The van der Waals surface area contributed by atoms with Gasteiger partial charge in [0, 0.05) is 0 Å². The van der Waals surface area contributed by atoms with Crippen LogP contribution < -0.4 is 18.9 Å². The number of methoxy groups -OCH3 is 3.